The lowest BCUT2D eigenvalue weighted by Crippen LogP contribution is -2.53. The van der Waals surface area contributed by atoms with E-state index in [1.165, 1.54) is 12.1 Å². The van der Waals surface area contributed by atoms with Gasteiger partial charge >= 0.3 is 24.7 Å². The van der Waals surface area contributed by atoms with Gasteiger partial charge in [0.25, 0.3) is 11.2 Å². The monoisotopic (exact) mass is 886 g/mol. The van der Waals surface area contributed by atoms with Gasteiger partial charge in [-0.15, -0.1) is 0 Å². The van der Waals surface area contributed by atoms with Crippen LogP contribution in [0.3, 0.4) is 0 Å². The number of carbonyl (C=O) groups excluding carboxylic acids is 1. The quantitative estimate of drug-likeness (QED) is 0.121. The summed E-state index contributed by atoms with van der Waals surface area (Å²) in [6, 6.07) is 17.8. The van der Waals surface area contributed by atoms with Gasteiger partial charge in [-0.05, 0) is 71.5 Å². The Morgan fingerprint density at radius 2 is 0.930 bits per heavy atom. The highest BCUT2D eigenvalue weighted by Crippen LogP contribution is 2.51. The number of halogens is 13. The first-order chi connectivity index (χ1) is 26.3. The molecule has 19 heteroatoms. The number of alkyl halides is 12. The number of rotatable bonds is 8. The fraction of sp³-hybridized carbons (Fsp3) is 0.342. The molecule has 0 aliphatic carbocycles. The van der Waals surface area contributed by atoms with Crippen molar-refractivity contribution in [2.75, 3.05) is 29.5 Å². The average molecular weight is 888 g/mol. The highest BCUT2D eigenvalue weighted by atomic mass is 79.9. The van der Waals surface area contributed by atoms with E-state index < -0.39 is 59.4 Å². The summed E-state index contributed by atoms with van der Waals surface area (Å²) < 4.78 is 156. The molecule has 0 bridgehead atoms. The van der Waals surface area contributed by atoms with Crippen LogP contribution in [0.5, 0.6) is 0 Å². The van der Waals surface area contributed by atoms with Crippen molar-refractivity contribution in [3.8, 4) is 0 Å². The number of Topliss-reactive ketones (excluding diaryl/α,β-unsaturated/α-hetero) is 1. The number of aliphatic hydroxyl groups is 3. The Morgan fingerprint density at radius 1 is 0.561 bits per heavy atom. The molecule has 2 aliphatic heterocycles. The van der Waals surface area contributed by atoms with Crippen molar-refractivity contribution >= 4 is 33.1 Å². The maximum absolute atomic E-state index is 13.0. The number of ketones is 1. The van der Waals surface area contributed by atoms with E-state index in [1.54, 1.807) is 18.2 Å². The Morgan fingerprint density at radius 3 is 1.30 bits per heavy atom. The molecule has 0 atom stereocenters. The molecule has 2 heterocycles. The molecule has 2 aliphatic rings. The zero-order chi connectivity index (χ0) is 42.4. The molecule has 0 unspecified atom stereocenters. The number of hydrogen-bond donors (Lipinski definition) is 3. The predicted octanol–water partition coefficient (Wildman–Crippen LogP) is 9.06. The molecular formula is C38H31BrF12N2O4. The second-order valence-electron chi connectivity index (χ2n) is 13.3. The Hall–Kier alpha value is -4.33. The van der Waals surface area contributed by atoms with Crippen molar-refractivity contribution < 1.29 is 72.8 Å². The van der Waals surface area contributed by atoms with Crippen molar-refractivity contribution in [1.29, 1.82) is 0 Å². The van der Waals surface area contributed by atoms with Gasteiger partial charge in [0.05, 0.1) is 0 Å². The van der Waals surface area contributed by atoms with Gasteiger partial charge in [-0.25, -0.2) is 0 Å². The number of anilines is 2. The van der Waals surface area contributed by atoms with E-state index in [0.717, 1.165) is 45.5 Å². The van der Waals surface area contributed by atoms with E-state index >= 15 is 0 Å². The summed E-state index contributed by atoms with van der Waals surface area (Å²) in [4.78, 5) is 15.5. The number of benzene rings is 4. The van der Waals surface area contributed by atoms with Crippen LogP contribution in [0.2, 0.25) is 0 Å². The summed E-state index contributed by atoms with van der Waals surface area (Å²) in [7, 11) is 0. The predicted molar refractivity (Wildman–Crippen MR) is 186 cm³/mol. The molecule has 0 spiro atoms. The number of aliphatic hydroxyl groups excluding tert-OH is 1. The lowest BCUT2D eigenvalue weighted by Gasteiger charge is -2.32. The van der Waals surface area contributed by atoms with Crippen LogP contribution in [0.15, 0.2) is 89.4 Å². The van der Waals surface area contributed by atoms with Crippen LogP contribution in [0, 0.1) is 0 Å². The standard InChI is InChI=1S/C20H17F6NO3.C18H14BrF6NO/c21-19(22,23)18(30,20(24,25)26)15-4-1-12(2-5-15)10-27-8-7-13-9-14(17(29)11-28)3-6-16(13)27;19-14-5-6-15-12(9-14)7-8-26(15)10-11-1-3-13(4-2-11)16(27,17(20,21)22)18(23,24)25/h1-6,9,28,30H,7-8,10-11H2;1-6,9,27H,7-8,10H2. The SMILES string of the molecule is O=C(CO)c1ccc2c(c1)CCN2Cc1ccc(C(O)(C(F)(F)F)C(F)(F)F)cc1.OC(c1ccc(CN2CCc3cc(Br)ccc32)cc1)(C(F)(F)F)C(F)(F)F. The van der Waals surface area contributed by atoms with E-state index in [0.29, 0.717) is 67.0 Å². The van der Waals surface area contributed by atoms with Gasteiger partial charge in [-0.2, -0.15) is 52.7 Å². The summed E-state index contributed by atoms with van der Waals surface area (Å²) in [6.45, 7) is 1.19. The van der Waals surface area contributed by atoms with Gasteiger partial charge in [-0.3, -0.25) is 4.79 Å². The molecule has 0 saturated heterocycles. The van der Waals surface area contributed by atoms with Crippen molar-refractivity contribution in [2.24, 2.45) is 0 Å². The van der Waals surface area contributed by atoms with E-state index in [9.17, 15) is 67.7 Å². The van der Waals surface area contributed by atoms with Gasteiger partial charge < -0.3 is 25.1 Å². The molecule has 6 rings (SSSR count). The summed E-state index contributed by atoms with van der Waals surface area (Å²) in [5.41, 5.74) is -7.31. The van der Waals surface area contributed by atoms with E-state index in [4.69, 9.17) is 5.11 Å². The number of fused-ring (bicyclic) bond motifs is 2. The zero-order valence-electron chi connectivity index (χ0n) is 29.1. The molecular weight excluding hydrogens is 856 g/mol. The molecule has 308 valence electrons. The van der Waals surface area contributed by atoms with E-state index in [-0.39, 0.29) is 6.54 Å². The highest BCUT2D eigenvalue weighted by Gasteiger charge is 2.72. The molecule has 57 heavy (non-hydrogen) atoms. The summed E-state index contributed by atoms with van der Waals surface area (Å²) >= 11 is 3.38. The third-order valence-corrected chi connectivity index (χ3v) is 10.2. The van der Waals surface area contributed by atoms with Gasteiger partial charge in [0.15, 0.2) is 5.78 Å². The smallest absolute Gasteiger partial charge is 0.388 e. The third-order valence-electron chi connectivity index (χ3n) is 9.70. The minimum absolute atomic E-state index is 0.219. The van der Waals surface area contributed by atoms with Crippen molar-refractivity contribution in [2.45, 2.75) is 61.8 Å². The lowest BCUT2D eigenvalue weighted by atomic mass is 9.91. The highest BCUT2D eigenvalue weighted by molar-refractivity contribution is 9.10. The summed E-state index contributed by atoms with van der Waals surface area (Å²) in [5, 5.41) is 27.8. The number of carbonyl (C=O) groups is 1. The largest absolute Gasteiger partial charge is 0.430 e. The first kappa shape index (κ1) is 43.8. The van der Waals surface area contributed by atoms with Gasteiger partial charge in [0, 0.05) is 58.7 Å². The maximum Gasteiger partial charge on any atom is 0.430 e. The second kappa shape index (κ2) is 15.8. The van der Waals surface area contributed by atoms with Crippen molar-refractivity contribution in [3.63, 3.8) is 0 Å². The third kappa shape index (κ3) is 8.61. The number of hydrogen-bond acceptors (Lipinski definition) is 6. The minimum Gasteiger partial charge on any atom is -0.388 e. The van der Waals surface area contributed by atoms with Gasteiger partial charge in [-0.1, -0.05) is 64.5 Å². The molecule has 4 aromatic carbocycles. The second-order valence-corrected chi connectivity index (χ2v) is 14.3. The Labute approximate surface area is 325 Å². The Balaban J connectivity index is 0.000000219. The molecule has 3 N–H and O–H groups in total. The van der Waals surface area contributed by atoms with Gasteiger partial charge in [0.2, 0.25) is 0 Å². The van der Waals surface area contributed by atoms with Crippen molar-refractivity contribution in [3.05, 3.63) is 128 Å². The van der Waals surface area contributed by atoms with Crippen LogP contribution < -0.4 is 9.80 Å². The molecule has 0 radical (unpaired) electrons. The van der Waals surface area contributed by atoms with Crippen LogP contribution in [0.1, 0.15) is 43.7 Å². The Bertz CT molecular complexity index is 2040. The summed E-state index contributed by atoms with van der Waals surface area (Å²) in [6.07, 6.45) is -22.2. The van der Waals surface area contributed by atoms with E-state index in [1.807, 2.05) is 28.0 Å². The molecule has 0 fully saturated rings. The van der Waals surface area contributed by atoms with Crippen LogP contribution in [-0.2, 0) is 37.1 Å². The number of nitrogens with zero attached hydrogens (tertiary/aromatic N) is 2. The van der Waals surface area contributed by atoms with Gasteiger partial charge in [0.1, 0.15) is 6.61 Å². The van der Waals surface area contributed by atoms with Crippen LogP contribution >= 0.6 is 15.9 Å². The molecule has 0 saturated carbocycles. The van der Waals surface area contributed by atoms with Crippen LogP contribution in [0.25, 0.3) is 0 Å². The topological polar surface area (TPSA) is 84.2 Å². The maximum atomic E-state index is 13.0. The zero-order valence-corrected chi connectivity index (χ0v) is 30.7. The van der Waals surface area contributed by atoms with E-state index in [2.05, 4.69) is 15.9 Å². The fourth-order valence-electron chi connectivity index (χ4n) is 6.62. The normalized spacial score (nSPS) is 14.9. The summed E-state index contributed by atoms with van der Waals surface area (Å²) in [5.74, 6) is -0.423. The van der Waals surface area contributed by atoms with Crippen LogP contribution in [-0.4, -0.2) is 65.5 Å². The first-order valence-corrected chi connectivity index (χ1v) is 17.6. The molecule has 0 amide bonds. The molecule has 0 aromatic heterocycles. The fourth-order valence-corrected chi connectivity index (χ4v) is 7.03. The minimum atomic E-state index is -5.93. The van der Waals surface area contributed by atoms with Crippen molar-refractivity contribution in [1.82, 2.24) is 0 Å². The molecule has 4 aromatic rings. The Kier molecular flexibility index (Phi) is 12.1. The first-order valence-electron chi connectivity index (χ1n) is 16.8. The lowest BCUT2D eigenvalue weighted by molar-refractivity contribution is -0.376. The molecule has 6 nitrogen and oxygen atoms in total. The van der Waals surface area contributed by atoms with Crippen LogP contribution in [0.4, 0.5) is 64.1 Å². The average Bonchev–Trinajstić information content (AvgIpc) is 3.72.